The number of nitriles is 1. The molecule has 1 aliphatic heterocycles. The summed E-state index contributed by atoms with van der Waals surface area (Å²) >= 11 is 0. The van der Waals surface area contributed by atoms with Crippen LogP contribution in [0, 0.1) is 17.2 Å². The van der Waals surface area contributed by atoms with Crippen molar-refractivity contribution in [1.82, 2.24) is 20.1 Å². The topological polar surface area (TPSA) is 85.7 Å². The van der Waals surface area contributed by atoms with E-state index in [9.17, 15) is 4.79 Å². The van der Waals surface area contributed by atoms with E-state index < -0.39 is 0 Å². The second-order valence-electron chi connectivity index (χ2n) is 5.13. The predicted octanol–water partition coefficient (Wildman–Crippen LogP) is 1.85. The highest BCUT2D eigenvalue weighted by atomic mass is 16.2. The summed E-state index contributed by atoms with van der Waals surface area (Å²) in [5, 5.41) is 15.6. The zero-order chi connectivity index (χ0) is 14.7. The number of likely N-dealkylation sites (tertiary alicyclic amines) is 1. The molecular formula is C15H15N5O. The standard InChI is InChI=1S/C15H15N5O/c16-8-11-3-2-6-20(9-11)15(21)13-5-1-4-12(7-13)14-17-10-18-19-14/h1,4-5,7,10-11H,2-3,6,9H2,(H,17,18,19)/t11-/m1/s1. The molecule has 0 saturated carbocycles. The number of nitrogens with zero attached hydrogens (tertiary/aromatic N) is 4. The molecule has 6 nitrogen and oxygen atoms in total. The first-order valence-electron chi connectivity index (χ1n) is 6.92. The molecule has 0 bridgehead atoms. The van der Waals surface area contributed by atoms with Crippen molar-refractivity contribution in [1.29, 1.82) is 5.26 Å². The van der Waals surface area contributed by atoms with Crippen molar-refractivity contribution < 1.29 is 4.79 Å². The molecule has 1 aromatic heterocycles. The van der Waals surface area contributed by atoms with Gasteiger partial charge in [-0.2, -0.15) is 10.4 Å². The normalized spacial score (nSPS) is 18.2. The number of piperidine rings is 1. The zero-order valence-electron chi connectivity index (χ0n) is 11.5. The Balaban J connectivity index is 1.82. The van der Waals surface area contributed by atoms with Gasteiger partial charge in [-0.3, -0.25) is 9.89 Å². The first-order valence-corrected chi connectivity index (χ1v) is 6.92. The fourth-order valence-corrected chi connectivity index (χ4v) is 2.59. The van der Waals surface area contributed by atoms with Gasteiger partial charge in [0.15, 0.2) is 5.82 Å². The molecule has 0 radical (unpaired) electrons. The highest BCUT2D eigenvalue weighted by molar-refractivity contribution is 5.95. The van der Waals surface area contributed by atoms with E-state index in [0.717, 1.165) is 18.4 Å². The largest absolute Gasteiger partial charge is 0.337 e. The summed E-state index contributed by atoms with van der Waals surface area (Å²) < 4.78 is 0. The van der Waals surface area contributed by atoms with Crippen molar-refractivity contribution in [2.75, 3.05) is 13.1 Å². The Kier molecular flexibility index (Phi) is 3.65. The Labute approximate surface area is 122 Å². The van der Waals surface area contributed by atoms with Gasteiger partial charge in [-0.1, -0.05) is 12.1 Å². The van der Waals surface area contributed by atoms with E-state index in [1.165, 1.54) is 6.33 Å². The number of aromatic amines is 1. The van der Waals surface area contributed by atoms with Crippen molar-refractivity contribution in [3.05, 3.63) is 36.2 Å². The molecule has 1 saturated heterocycles. The molecule has 3 rings (SSSR count). The van der Waals surface area contributed by atoms with Crippen LogP contribution >= 0.6 is 0 Å². The number of hydrogen-bond acceptors (Lipinski definition) is 4. The van der Waals surface area contributed by atoms with Gasteiger partial charge in [0, 0.05) is 24.2 Å². The van der Waals surface area contributed by atoms with Crippen LogP contribution < -0.4 is 0 Å². The molecule has 1 N–H and O–H groups in total. The third-order valence-electron chi connectivity index (χ3n) is 3.69. The van der Waals surface area contributed by atoms with E-state index in [2.05, 4.69) is 21.3 Å². The zero-order valence-corrected chi connectivity index (χ0v) is 11.5. The summed E-state index contributed by atoms with van der Waals surface area (Å²) in [6.07, 6.45) is 3.19. The lowest BCUT2D eigenvalue weighted by Crippen LogP contribution is -2.39. The third kappa shape index (κ3) is 2.77. The quantitative estimate of drug-likeness (QED) is 0.910. The number of carbonyl (C=O) groups excluding carboxylic acids is 1. The van der Waals surface area contributed by atoms with Crippen molar-refractivity contribution in [2.45, 2.75) is 12.8 Å². The molecule has 1 atom stereocenters. The van der Waals surface area contributed by atoms with Crippen LogP contribution in [0.25, 0.3) is 11.4 Å². The van der Waals surface area contributed by atoms with Crippen molar-refractivity contribution in [2.24, 2.45) is 5.92 Å². The average Bonchev–Trinajstić information content (AvgIpc) is 3.09. The Morgan fingerprint density at radius 2 is 2.38 bits per heavy atom. The fraction of sp³-hybridized carbons (Fsp3) is 0.333. The van der Waals surface area contributed by atoms with Crippen LogP contribution in [0.2, 0.25) is 0 Å². The second-order valence-corrected chi connectivity index (χ2v) is 5.13. The van der Waals surface area contributed by atoms with Gasteiger partial charge in [0.05, 0.1) is 12.0 Å². The Bertz CT molecular complexity index is 674. The molecule has 1 aromatic carbocycles. The van der Waals surface area contributed by atoms with Gasteiger partial charge in [-0.25, -0.2) is 4.98 Å². The summed E-state index contributed by atoms with van der Waals surface area (Å²) in [5.74, 6) is 0.551. The van der Waals surface area contributed by atoms with Gasteiger partial charge in [0.2, 0.25) is 0 Å². The summed E-state index contributed by atoms with van der Waals surface area (Å²) in [6, 6.07) is 9.56. The minimum atomic E-state index is -0.0554. The van der Waals surface area contributed by atoms with E-state index in [1.807, 2.05) is 12.1 Å². The van der Waals surface area contributed by atoms with Crippen LogP contribution in [-0.2, 0) is 0 Å². The van der Waals surface area contributed by atoms with Gasteiger partial charge >= 0.3 is 0 Å². The maximum atomic E-state index is 12.6. The maximum Gasteiger partial charge on any atom is 0.253 e. The van der Waals surface area contributed by atoms with Gasteiger partial charge in [-0.05, 0) is 25.0 Å². The summed E-state index contributed by atoms with van der Waals surface area (Å²) in [6.45, 7) is 1.23. The highest BCUT2D eigenvalue weighted by Crippen LogP contribution is 2.20. The van der Waals surface area contributed by atoms with Crippen molar-refractivity contribution in [3.8, 4) is 17.5 Å². The summed E-state index contributed by atoms with van der Waals surface area (Å²) in [4.78, 5) is 18.4. The van der Waals surface area contributed by atoms with Gasteiger partial charge in [-0.15, -0.1) is 0 Å². The third-order valence-corrected chi connectivity index (χ3v) is 3.69. The lowest BCUT2D eigenvalue weighted by Gasteiger charge is -2.29. The van der Waals surface area contributed by atoms with E-state index in [4.69, 9.17) is 5.26 Å². The molecule has 1 amide bonds. The number of H-pyrrole nitrogens is 1. The van der Waals surface area contributed by atoms with Crippen molar-refractivity contribution in [3.63, 3.8) is 0 Å². The Morgan fingerprint density at radius 1 is 1.48 bits per heavy atom. The van der Waals surface area contributed by atoms with E-state index in [-0.39, 0.29) is 11.8 Å². The SMILES string of the molecule is N#C[C@H]1CCCN(C(=O)c2cccc(-c3ncn[nH]3)c2)C1. The fourth-order valence-electron chi connectivity index (χ4n) is 2.59. The minimum absolute atomic E-state index is 0.0312. The number of amides is 1. The van der Waals surface area contributed by atoms with E-state index in [1.54, 1.807) is 17.0 Å². The van der Waals surface area contributed by atoms with Gasteiger partial charge in [0.25, 0.3) is 5.91 Å². The van der Waals surface area contributed by atoms with E-state index in [0.29, 0.717) is 24.5 Å². The average molecular weight is 281 g/mol. The molecule has 0 aliphatic carbocycles. The smallest absolute Gasteiger partial charge is 0.253 e. The Hall–Kier alpha value is -2.68. The number of hydrogen-bond donors (Lipinski definition) is 1. The molecule has 106 valence electrons. The summed E-state index contributed by atoms with van der Waals surface area (Å²) in [5.41, 5.74) is 1.44. The van der Waals surface area contributed by atoms with Crippen LogP contribution in [0.1, 0.15) is 23.2 Å². The maximum absolute atomic E-state index is 12.6. The molecule has 0 unspecified atom stereocenters. The van der Waals surface area contributed by atoms with Crippen LogP contribution in [0.15, 0.2) is 30.6 Å². The molecule has 6 heteroatoms. The monoisotopic (exact) mass is 281 g/mol. The molecule has 1 aliphatic rings. The first-order chi connectivity index (χ1) is 10.3. The lowest BCUT2D eigenvalue weighted by atomic mass is 9.98. The van der Waals surface area contributed by atoms with E-state index >= 15 is 0 Å². The molecule has 2 aromatic rings. The minimum Gasteiger partial charge on any atom is -0.337 e. The van der Waals surface area contributed by atoms with Crippen LogP contribution in [0.4, 0.5) is 0 Å². The predicted molar refractivity (Wildman–Crippen MR) is 76.1 cm³/mol. The molecular weight excluding hydrogens is 266 g/mol. The number of rotatable bonds is 2. The number of aromatic nitrogens is 3. The van der Waals surface area contributed by atoms with Gasteiger partial charge in [0.1, 0.15) is 6.33 Å². The first kappa shape index (κ1) is 13.3. The molecule has 2 heterocycles. The Morgan fingerprint density at radius 3 is 3.14 bits per heavy atom. The molecule has 21 heavy (non-hydrogen) atoms. The highest BCUT2D eigenvalue weighted by Gasteiger charge is 2.24. The second kappa shape index (κ2) is 5.75. The molecule has 1 fully saturated rings. The van der Waals surface area contributed by atoms with Crippen LogP contribution in [0.3, 0.4) is 0 Å². The van der Waals surface area contributed by atoms with Crippen LogP contribution in [-0.4, -0.2) is 39.1 Å². The van der Waals surface area contributed by atoms with Gasteiger partial charge < -0.3 is 4.90 Å². The lowest BCUT2D eigenvalue weighted by molar-refractivity contribution is 0.0699. The summed E-state index contributed by atoms with van der Waals surface area (Å²) in [7, 11) is 0. The number of nitrogens with one attached hydrogen (secondary N) is 1. The molecule has 0 spiro atoms. The van der Waals surface area contributed by atoms with Crippen LogP contribution in [0.5, 0.6) is 0 Å². The number of benzene rings is 1. The van der Waals surface area contributed by atoms with Crippen molar-refractivity contribution >= 4 is 5.91 Å². The number of carbonyl (C=O) groups is 1.